The molecule has 1 N–H and O–H groups in total. The molecule has 1 heterocycles. The second-order valence-electron chi connectivity index (χ2n) is 6.08. The lowest BCUT2D eigenvalue weighted by molar-refractivity contribution is 0.0696. The fourth-order valence-corrected chi connectivity index (χ4v) is 2.65. The Balaban J connectivity index is 1.95. The molecule has 0 bridgehead atoms. The molecule has 0 aliphatic carbocycles. The van der Waals surface area contributed by atoms with Gasteiger partial charge in [0.15, 0.2) is 0 Å². The summed E-state index contributed by atoms with van der Waals surface area (Å²) >= 11 is 0. The molecule has 5 nitrogen and oxygen atoms in total. The zero-order chi connectivity index (χ0) is 17.8. The van der Waals surface area contributed by atoms with Gasteiger partial charge in [-0.3, -0.25) is 4.68 Å². The maximum atomic E-state index is 11.5. The Morgan fingerprint density at radius 1 is 1.16 bits per heavy atom. The average Bonchev–Trinajstić information content (AvgIpc) is 3.11. The molecule has 0 unspecified atom stereocenters. The zero-order valence-electron chi connectivity index (χ0n) is 14.2. The number of carbonyl (C=O) groups is 1. The van der Waals surface area contributed by atoms with E-state index < -0.39 is 5.97 Å². The Morgan fingerprint density at radius 2 is 1.92 bits per heavy atom. The quantitative estimate of drug-likeness (QED) is 0.724. The third kappa shape index (κ3) is 3.88. The van der Waals surface area contributed by atoms with Gasteiger partial charge in [-0.1, -0.05) is 30.3 Å². The minimum atomic E-state index is -0.984. The van der Waals surface area contributed by atoms with E-state index in [9.17, 15) is 9.90 Å². The molecule has 0 amide bonds. The van der Waals surface area contributed by atoms with E-state index >= 15 is 0 Å². The maximum absolute atomic E-state index is 11.5. The molecule has 0 fully saturated rings. The molecule has 3 aromatic rings. The minimum absolute atomic E-state index is 0.173. The smallest absolute Gasteiger partial charge is 0.335 e. The fourth-order valence-electron chi connectivity index (χ4n) is 2.65. The van der Waals surface area contributed by atoms with Gasteiger partial charge in [0.05, 0.1) is 11.3 Å². The highest BCUT2D eigenvalue weighted by Crippen LogP contribution is 2.28. The van der Waals surface area contributed by atoms with Crippen molar-refractivity contribution >= 4 is 5.97 Å². The second kappa shape index (κ2) is 7.21. The van der Waals surface area contributed by atoms with Crippen molar-refractivity contribution in [2.24, 2.45) is 0 Å². The van der Waals surface area contributed by atoms with E-state index in [1.807, 2.05) is 61.0 Å². The van der Waals surface area contributed by atoms with E-state index in [-0.39, 0.29) is 11.6 Å². The highest BCUT2D eigenvalue weighted by Gasteiger charge is 2.13. The third-order valence-electron chi connectivity index (χ3n) is 3.86. The monoisotopic (exact) mass is 336 g/mol. The van der Waals surface area contributed by atoms with Crippen molar-refractivity contribution in [2.45, 2.75) is 26.5 Å². The van der Waals surface area contributed by atoms with Gasteiger partial charge >= 0.3 is 5.97 Å². The predicted octanol–water partition coefficient (Wildman–Crippen LogP) is 4.41. The van der Waals surface area contributed by atoms with Crippen LogP contribution in [0, 0.1) is 0 Å². The van der Waals surface area contributed by atoms with Crippen LogP contribution in [0.4, 0.5) is 0 Å². The topological polar surface area (TPSA) is 64.4 Å². The van der Waals surface area contributed by atoms with E-state index in [0.29, 0.717) is 12.4 Å². The summed E-state index contributed by atoms with van der Waals surface area (Å²) in [6, 6.07) is 16.9. The predicted molar refractivity (Wildman–Crippen MR) is 95.8 cm³/mol. The van der Waals surface area contributed by atoms with E-state index in [1.165, 1.54) is 0 Å². The summed E-state index contributed by atoms with van der Waals surface area (Å²) in [4.78, 5) is 11.5. The molecule has 2 aromatic carbocycles. The van der Waals surface area contributed by atoms with Gasteiger partial charge in [0.2, 0.25) is 0 Å². The lowest BCUT2D eigenvalue weighted by Crippen LogP contribution is -2.06. The minimum Gasteiger partial charge on any atom is -0.489 e. The molecule has 0 saturated carbocycles. The van der Waals surface area contributed by atoms with Gasteiger partial charge in [-0.2, -0.15) is 5.10 Å². The van der Waals surface area contributed by atoms with Crippen molar-refractivity contribution in [1.29, 1.82) is 0 Å². The normalized spacial score (nSPS) is 10.8. The molecule has 0 spiro atoms. The molecule has 0 saturated heterocycles. The van der Waals surface area contributed by atoms with Crippen LogP contribution < -0.4 is 4.74 Å². The van der Waals surface area contributed by atoms with E-state index in [1.54, 1.807) is 18.3 Å². The Kier molecular flexibility index (Phi) is 4.84. The number of carboxylic acids is 1. The summed E-state index contributed by atoms with van der Waals surface area (Å²) in [6.45, 7) is 4.45. The number of carboxylic acid groups (broad SMARTS) is 1. The van der Waals surface area contributed by atoms with E-state index in [2.05, 4.69) is 5.10 Å². The largest absolute Gasteiger partial charge is 0.489 e. The average molecular weight is 336 g/mol. The van der Waals surface area contributed by atoms with Gasteiger partial charge in [-0.05, 0) is 43.7 Å². The van der Waals surface area contributed by atoms with Crippen molar-refractivity contribution in [3.05, 3.63) is 71.9 Å². The van der Waals surface area contributed by atoms with Crippen LogP contribution in [0.1, 0.15) is 35.8 Å². The molecular weight excluding hydrogens is 316 g/mol. The number of hydrogen-bond acceptors (Lipinski definition) is 3. The number of benzene rings is 2. The lowest BCUT2D eigenvalue weighted by Gasteiger charge is -2.13. The Labute approximate surface area is 146 Å². The standard InChI is InChI=1S/C20H20N2O3/c1-14(2)22-19(8-9-21-22)16-10-17(20(23)24)12-18(11-16)25-13-15-6-4-3-5-7-15/h3-12,14H,13H2,1-2H3,(H,23,24). The van der Waals surface area contributed by atoms with Gasteiger partial charge in [-0.15, -0.1) is 0 Å². The number of aromatic nitrogens is 2. The molecule has 25 heavy (non-hydrogen) atoms. The van der Waals surface area contributed by atoms with Crippen molar-refractivity contribution in [1.82, 2.24) is 9.78 Å². The summed E-state index contributed by atoms with van der Waals surface area (Å²) in [5, 5.41) is 13.7. The number of hydrogen-bond donors (Lipinski definition) is 1. The van der Waals surface area contributed by atoms with Crippen LogP contribution in [0.2, 0.25) is 0 Å². The molecule has 1 aromatic heterocycles. The lowest BCUT2D eigenvalue weighted by atomic mass is 10.1. The summed E-state index contributed by atoms with van der Waals surface area (Å²) in [6.07, 6.45) is 1.72. The summed E-state index contributed by atoms with van der Waals surface area (Å²) in [7, 11) is 0. The van der Waals surface area contributed by atoms with Gasteiger partial charge in [0, 0.05) is 17.8 Å². The summed E-state index contributed by atoms with van der Waals surface area (Å²) in [5.74, 6) is -0.461. The molecule has 5 heteroatoms. The highest BCUT2D eigenvalue weighted by atomic mass is 16.5. The van der Waals surface area contributed by atoms with Crippen LogP contribution in [-0.2, 0) is 6.61 Å². The number of rotatable bonds is 6. The van der Waals surface area contributed by atoms with Gasteiger partial charge < -0.3 is 9.84 Å². The maximum Gasteiger partial charge on any atom is 0.335 e. The van der Waals surface area contributed by atoms with Crippen LogP contribution in [0.25, 0.3) is 11.3 Å². The van der Waals surface area contributed by atoms with Crippen molar-refractivity contribution < 1.29 is 14.6 Å². The highest BCUT2D eigenvalue weighted by molar-refractivity contribution is 5.90. The molecule has 3 rings (SSSR count). The molecule has 0 aliphatic heterocycles. The SMILES string of the molecule is CC(C)n1nccc1-c1cc(OCc2ccccc2)cc(C(=O)O)c1. The Bertz CT molecular complexity index is 870. The number of aromatic carboxylic acids is 1. The van der Waals surface area contributed by atoms with Crippen molar-refractivity contribution in [3.63, 3.8) is 0 Å². The van der Waals surface area contributed by atoms with Crippen LogP contribution in [0.5, 0.6) is 5.75 Å². The Morgan fingerprint density at radius 3 is 2.60 bits per heavy atom. The number of nitrogens with zero attached hydrogens (tertiary/aromatic N) is 2. The molecule has 128 valence electrons. The molecular formula is C20H20N2O3. The first-order valence-corrected chi connectivity index (χ1v) is 8.13. The van der Waals surface area contributed by atoms with Crippen LogP contribution in [0.15, 0.2) is 60.8 Å². The van der Waals surface area contributed by atoms with Gasteiger partial charge in [0.25, 0.3) is 0 Å². The van der Waals surface area contributed by atoms with E-state index in [4.69, 9.17) is 4.74 Å². The van der Waals surface area contributed by atoms with Crippen LogP contribution >= 0.6 is 0 Å². The van der Waals surface area contributed by atoms with Crippen LogP contribution in [-0.4, -0.2) is 20.9 Å². The molecule has 0 radical (unpaired) electrons. The third-order valence-corrected chi connectivity index (χ3v) is 3.86. The molecule has 0 aliphatic rings. The van der Waals surface area contributed by atoms with Crippen molar-refractivity contribution in [2.75, 3.05) is 0 Å². The summed E-state index contributed by atoms with van der Waals surface area (Å²) < 4.78 is 7.69. The second-order valence-corrected chi connectivity index (χ2v) is 6.08. The van der Waals surface area contributed by atoms with Gasteiger partial charge in [0.1, 0.15) is 12.4 Å². The zero-order valence-corrected chi connectivity index (χ0v) is 14.2. The number of ether oxygens (including phenoxy) is 1. The van der Waals surface area contributed by atoms with E-state index in [0.717, 1.165) is 16.8 Å². The fraction of sp³-hybridized carbons (Fsp3) is 0.200. The first-order chi connectivity index (χ1) is 12.0. The first-order valence-electron chi connectivity index (χ1n) is 8.13. The first kappa shape index (κ1) is 16.8. The van der Waals surface area contributed by atoms with Crippen molar-refractivity contribution in [3.8, 4) is 17.0 Å². The summed E-state index contributed by atoms with van der Waals surface area (Å²) in [5.41, 5.74) is 2.85. The van der Waals surface area contributed by atoms with Gasteiger partial charge in [-0.25, -0.2) is 4.79 Å². The molecule has 0 atom stereocenters. The van der Waals surface area contributed by atoms with Crippen LogP contribution in [0.3, 0.4) is 0 Å². The Hall–Kier alpha value is -3.08.